The van der Waals surface area contributed by atoms with Gasteiger partial charge < -0.3 is 10.2 Å². The first-order valence-corrected chi connectivity index (χ1v) is 8.53. The molecule has 19 heavy (non-hydrogen) atoms. The summed E-state index contributed by atoms with van der Waals surface area (Å²) < 4.78 is 0. The van der Waals surface area contributed by atoms with E-state index in [1.807, 2.05) is 0 Å². The van der Waals surface area contributed by atoms with Crippen molar-refractivity contribution in [2.45, 2.75) is 58.9 Å². The Morgan fingerprint density at radius 1 is 1.21 bits per heavy atom. The summed E-state index contributed by atoms with van der Waals surface area (Å²) >= 11 is 0. The summed E-state index contributed by atoms with van der Waals surface area (Å²) in [5, 5.41) is 3.60. The molecule has 0 radical (unpaired) electrons. The average molecular weight is 266 g/mol. The second-order valence-corrected chi connectivity index (χ2v) is 7.29. The lowest BCUT2D eigenvalue weighted by Crippen LogP contribution is -2.49. The Hall–Kier alpha value is -0.0800. The molecule has 2 nitrogen and oxygen atoms in total. The minimum absolute atomic E-state index is 0.737. The third-order valence-electron chi connectivity index (χ3n) is 5.70. The van der Waals surface area contributed by atoms with Crippen LogP contribution in [0.25, 0.3) is 0 Å². The predicted octanol–water partition coefficient (Wildman–Crippen LogP) is 3.38. The van der Waals surface area contributed by atoms with E-state index in [4.69, 9.17) is 0 Å². The van der Waals surface area contributed by atoms with Crippen molar-refractivity contribution in [3.05, 3.63) is 0 Å². The van der Waals surface area contributed by atoms with Crippen LogP contribution in [0, 0.1) is 23.7 Å². The first-order chi connectivity index (χ1) is 9.13. The fraction of sp³-hybridized carbons (Fsp3) is 1.00. The van der Waals surface area contributed by atoms with Gasteiger partial charge in [0, 0.05) is 19.1 Å². The standard InChI is InChI=1S/C17H34N2/c1-5-15-7-6-8-19(11-15)12-16-14(3)9-13(2)10-17(16)18-4/h13-18H,5-12H2,1-4H3. The van der Waals surface area contributed by atoms with Crippen molar-refractivity contribution in [2.24, 2.45) is 23.7 Å². The highest BCUT2D eigenvalue weighted by Crippen LogP contribution is 2.35. The summed E-state index contributed by atoms with van der Waals surface area (Å²) in [7, 11) is 2.16. The maximum atomic E-state index is 3.60. The maximum Gasteiger partial charge on any atom is 0.0110 e. The molecule has 2 aliphatic rings. The second-order valence-electron chi connectivity index (χ2n) is 7.29. The summed E-state index contributed by atoms with van der Waals surface area (Å²) in [5.41, 5.74) is 0. The van der Waals surface area contributed by atoms with Crippen molar-refractivity contribution < 1.29 is 0 Å². The molecule has 2 fully saturated rings. The molecule has 1 saturated heterocycles. The van der Waals surface area contributed by atoms with E-state index in [0.29, 0.717) is 0 Å². The number of nitrogens with one attached hydrogen (secondary N) is 1. The van der Waals surface area contributed by atoms with E-state index in [2.05, 4.69) is 38.0 Å². The van der Waals surface area contributed by atoms with E-state index in [9.17, 15) is 0 Å². The van der Waals surface area contributed by atoms with Crippen LogP contribution in [0.2, 0.25) is 0 Å². The first-order valence-electron chi connectivity index (χ1n) is 8.53. The zero-order valence-electron chi connectivity index (χ0n) is 13.5. The fourth-order valence-corrected chi connectivity index (χ4v) is 4.50. The molecule has 1 N–H and O–H groups in total. The first kappa shape index (κ1) is 15.3. The van der Waals surface area contributed by atoms with E-state index >= 15 is 0 Å². The van der Waals surface area contributed by atoms with Gasteiger partial charge in [0.25, 0.3) is 0 Å². The summed E-state index contributed by atoms with van der Waals surface area (Å²) in [5.74, 6) is 3.59. The normalized spacial score (nSPS) is 41.4. The van der Waals surface area contributed by atoms with Crippen LogP contribution in [-0.2, 0) is 0 Å². The number of rotatable bonds is 4. The van der Waals surface area contributed by atoms with E-state index in [1.54, 1.807) is 0 Å². The molecule has 0 spiro atoms. The zero-order valence-corrected chi connectivity index (χ0v) is 13.5. The summed E-state index contributed by atoms with van der Waals surface area (Å²) in [4.78, 5) is 2.76. The predicted molar refractivity (Wildman–Crippen MR) is 83.4 cm³/mol. The molecule has 0 bridgehead atoms. The SMILES string of the molecule is CCC1CCCN(CC2C(C)CC(C)CC2NC)C1. The Morgan fingerprint density at radius 3 is 2.68 bits per heavy atom. The van der Waals surface area contributed by atoms with Crippen LogP contribution in [-0.4, -0.2) is 37.6 Å². The lowest BCUT2D eigenvalue weighted by molar-refractivity contribution is 0.0797. The smallest absolute Gasteiger partial charge is 0.0110 e. The summed E-state index contributed by atoms with van der Waals surface area (Å²) in [6.07, 6.45) is 7.04. The molecule has 0 amide bonds. The van der Waals surface area contributed by atoms with Crippen molar-refractivity contribution in [1.29, 1.82) is 0 Å². The van der Waals surface area contributed by atoms with Gasteiger partial charge in [0.15, 0.2) is 0 Å². The van der Waals surface area contributed by atoms with Crippen LogP contribution >= 0.6 is 0 Å². The molecule has 112 valence electrons. The maximum absolute atomic E-state index is 3.60. The second kappa shape index (κ2) is 7.08. The van der Waals surface area contributed by atoms with Gasteiger partial charge in [0.1, 0.15) is 0 Å². The highest BCUT2D eigenvalue weighted by atomic mass is 15.1. The highest BCUT2D eigenvalue weighted by molar-refractivity contribution is 4.89. The van der Waals surface area contributed by atoms with Gasteiger partial charge in [-0.3, -0.25) is 0 Å². The van der Waals surface area contributed by atoms with Gasteiger partial charge in [-0.15, -0.1) is 0 Å². The van der Waals surface area contributed by atoms with Crippen LogP contribution in [0.5, 0.6) is 0 Å². The van der Waals surface area contributed by atoms with Crippen molar-refractivity contribution in [3.63, 3.8) is 0 Å². The largest absolute Gasteiger partial charge is 0.317 e. The highest BCUT2D eigenvalue weighted by Gasteiger charge is 2.34. The van der Waals surface area contributed by atoms with Gasteiger partial charge in [-0.1, -0.05) is 27.2 Å². The molecule has 2 heteroatoms. The molecule has 5 unspecified atom stereocenters. The van der Waals surface area contributed by atoms with E-state index < -0.39 is 0 Å². The van der Waals surface area contributed by atoms with Crippen molar-refractivity contribution in [2.75, 3.05) is 26.7 Å². The minimum atomic E-state index is 0.737. The average Bonchev–Trinajstić information content (AvgIpc) is 2.41. The minimum Gasteiger partial charge on any atom is -0.317 e. The number of hydrogen-bond donors (Lipinski definition) is 1. The Balaban J connectivity index is 1.92. The topological polar surface area (TPSA) is 15.3 Å². The van der Waals surface area contributed by atoms with Gasteiger partial charge >= 0.3 is 0 Å². The van der Waals surface area contributed by atoms with Gasteiger partial charge in [-0.2, -0.15) is 0 Å². The molecule has 0 aromatic heterocycles. The van der Waals surface area contributed by atoms with Gasteiger partial charge in [-0.25, -0.2) is 0 Å². The van der Waals surface area contributed by atoms with Gasteiger partial charge in [-0.05, 0) is 62.9 Å². The van der Waals surface area contributed by atoms with Crippen molar-refractivity contribution >= 4 is 0 Å². The third kappa shape index (κ3) is 3.95. The lowest BCUT2D eigenvalue weighted by Gasteiger charge is -2.43. The van der Waals surface area contributed by atoms with Crippen molar-refractivity contribution in [3.8, 4) is 0 Å². The molecular formula is C17H34N2. The van der Waals surface area contributed by atoms with Crippen LogP contribution in [0.15, 0.2) is 0 Å². The van der Waals surface area contributed by atoms with Crippen molar-refractivity contribution in [1.82, 2.24) is 10.2 Å². The molecular weight excluding hydrogens is 232 g/mol. The van der Waals surface area contributed by atoms with E-state index in [-0.39, 0.29) is 0 Å². The Kier molecular flexibility index (Phi) is 5.70. The molecule has 0 aromatic carbocycles. The Bertz CT molecular complexity index is 266. The Morgan fingerprint density at radius 2 is 2.00 bits per heavy atom. The van der Waals surface area contributed by atoms with Crippen LogP contribution in [0.4, 0.5) is 0 Å². The number of likely N-dealkylation sites (tertiary alicyclic amines) is 1. The Labute approximate surface area is 120 Å². The van der Waals surface area contributed by atoms with Gasteiger partial charge in [0.2, 0.25) is 0 Å². The summed E-state index contributed by atoms with van der Waals surface area (Å²) in [6, 6.07) is 0.737. The quantitative estimate of drug-likeness (QED) is 0.839. The fourth-order valence-electron chi connectivity index (χ4n) is 4.50. The zero-order chi connectivity index (χ0) is 13.8. The molecule has 1 aliphatic heterocycles. The lowest BCUT2D eigenvalue weighted by atomic mass is 9.72. The molecule has 1 aliphatic carbocycles. The molecule has 1 heterocycles. The van der Waals surface area contributed by atoms with E-state index in [1.165, 1.54) is 51.7 Å². The van der Waals surface area contributed by atoms with Crippen LogP contribution in [0.1, 0.15) is 52.9 Å². The monoisotopic (exact) mass is 266 g/mol. The molecule has 0 aromatic rings. The summed E-state index contributed by atoms with van der Waals surface area (Å²) in [6.45, 7) is 11.3. The molecule has 1 saturated carbocycles. The number of piperidine rings is 1. The van der Waals surface area contributed by atoms with Gasteiger partial charge in [0.05, 0.1) is 0 Å². The molecule has 5 atom stereocenters. The van der Waals surface area contributed by atoms with E-state index in [0.717, 1.165) is 29.7 Å². The third-order valence-corrected chi connectivity index (χ3v) is 5.70. The molecule has 2 rings (SSSR count). The number of nitrogens with zero attached hydrogens (tertiary/aromatic N) is 1. The number of hydrogen-bond acceptors (Lipinski definition) is 2. The van der Waals surface area contributed by atoms with Crippen LogP contribution in [0.3, 0.4) is 0 Å². The van der Waals surface area contributed by atoms with Crippen LogP contribution < -0.4 is 5.32 Å².